The van der Waals surface area contributed by atoms with Gasteiger partial charge in [-0.1, -0.05) is 75.7 Å². The maximum Gasteiger partial charge on any atom is 0.336 e. The number of ether oxygens (including phenoxy) is 3. The molecular formula is C36H55NO10S. The summed E-state index contributed by atoms with van der Waals surface area (Å²) in [5.74, 6) is 1.76. The van der Waals surface area contributed by atoms with Crippen LogP contribution >= 0.6 is 0 Å². The summed E-state index contributed by atoms with van der Waals surface area (Å²) in [6, 6.07) is 5.70. The third-order valence-electron chi connectivity index (χ3n) is 7.97. The molecule has 0 saturated heterocycles. The third kappa shape index (κ3) is 16.6. The number of esters is 1. The molecule has 0 heterocycles. The molecule has 0 aliphatic carbocycles. The first kappa shape index (κ1) is 42.6. The molecule has 3 N–H and O–H groups in total. The van der Waals surface area contributed by atoms with Crippen molar-refractivity contribution in [2.45, 2.75) is 103 Å². The lowest BCUT2D eigenvalue weighted by Gasteiger charge is -2.30. The van der Waals surface area contributed by atoms with Crippen LogP contribution in [-0.4, -0.2) is 87.1 Å². The lowest BCUT2D eigenvalue weighted by Crippen LogP contribution is -2.55. The number of hydrogen-bond donors (Lipinski definition) is 3. The minimum atomic E-state index is -3.06. The van der Waals surface area contributed by atoms with Crippen LogP contribution in [0.1, 0.15) is 90.0 Å². The summed E-state index contributed by atoms with van der Waals surface area (Å²) in [5, 5.41) is 23.8. The van der Waals surface area contributed by atoms with Crippen molar-refractivity contribution in [1.29, 1.82) is 0 Å². The number of allylic oxidation sites excluding steroid dienone is 1. The highest BCUT2D eigenvalue weighted by molar-refractivity contribution is 7.91. The summed E-state index contributed by atoms with van der Waals surface area (Å²) in [5.41, 5.74) is -1.83. The number of unbranched alkanes of at least 4 members (excludes halogenated alkanes) is 8. The molecule has 0 radical (unpaired) electrons. The number of benzene rings is 1. The average molecular weight is 694 g/mol. The van der Waals surface area contributed by atoms with E-state index in [1.165, 1.54) is 20.3 Å². The zero-order valence-electron chi connectivity index (χ0n) is 29.0. The van der Waals surface area contributed by atoms with Crippen molar-refractivity contribution >= 4 is 27.7 Å². The van der Waals surface area contributed by atoms with Crippen LogP contribution in [0.15, 0.2) is 36.4 Å². The van der Waals surface area contributed by atoms with Crippen molar-refractivity contribution in [2.75, 3.05) is 38.9 Å². The standard InChI is InChI=1S/C36H55NO10S/c1-5-7-9-13-16-26-48(43,44)27-17-14-11-10-12-15-18-31(36(42,35(40)41)23-25-45-3)33(38)37-32(34(39)46-4)28-29-19-21-30(22-20-29)47-24-8-6-2/h15,18-22,31-32,42H,5,7,9-14,16-17,23-28H2,1-4H3,(H,37,38)(H,40,41)/t31-,32+,36+/m1/s1. The molecule has 0 aromatic heterocycles. The Hall–Kier alpha value is -3.40. The predicted molar refractivity (Wildman–Crippen MR) is 185 cm³/mol. The zero-order chi connectivity index (χ0) is 35.8. The van der Waals surface area contributed by atoms with Crippen LogP contribution in [0.3, 0.4) is 0 Å². The summed E-state index contributed by atoms with van der Waals surface area (Å²) in [4.78, 5) is 38.5. The molecule has 0 spiro atoms. The first-order chi connectivity index (χ1) is 22.9. The molecule has 12 heteroatoms. The van der Waals surface area contributed by atoms with Crippen molar-refractivity contribution in [2.24, 2.45) is 5.92 Å². The normalized spacial score (nSPS) is 13.9. The Morgan fingerprint density at radius 3 is 2.17 bits per heavy atom. The largest absolute Gasteiger partial charge is 0.481 e. The maximum absolute atomic E-state index is 13.6. The number of hydrogen-bond acceptors (Lipinski definition) is 9. The van der Waals surface area contributed by atoms with Gasteiger partial charge >= 0.3 is 11.9 Å². The van der Waals surface area contributed by atoms with Crippen LogP contribution in [0.4, 0.5) is 0 Å². The number of carboxylic acids is 1. The van der Waals surface area contributed by atoms with E-state index in [9.17, 15) is 33.0 Å². The van der Waals surface area contributed by atoms with E-state index < -0.39 is 45.2 Å². The number of carbonyl (C=O) groups is 3. The molecule has 0 aliphatic rings. The topological polar surface area (TPSA) is 166 Å². The molecule has 0 aliphatic heterocycles. The number of sulfone groups is 1. The summed E-state index contributed by atoms with van der Waals surface area (Å²) in [6.45, 7) is 3.93. The van der Waals surface area contributed by atoms with Crippen LogP contribution in [0, 0.1) is 17.8 Å². The van der Waals surface area contributed by atoms with Gasteiger partial charge in [0.1, 0.15) is 28.2 Å². The Bertz CT molecular complexity index is 1300. The SMILES string of the molecule is CC#CCOc1ccc(C[C@H](NC(=O)[C@@H](C=CCCCCCCS(=O)(=O)CCCCCCC)[C@@](O)(CCOC)C(=O)O)C(=O)OC)cc1. The highest BCUT2D eigenvalue weighted by Crippen LogP contribution is 2.26. The number of carboxylic acid groups (broad SMARTS) is 1. The molecule has 11 nitrogen and oxygen atoms in total. The van der Waals surface area contributed by atoms with Crippen molar-refractivity contribution in [3.63, 3.8) is 0 Å². The molecule has 0 bridgehead atoms. The van der Waals surface area contributed by atoms with Gasteiger partial charge in [-0.05, 0) is 50.3 Å². The molecule has 0 unspecified atom stereocenters. The minimum absolute atomic E-state index is 0.0437. The summed E-state index contributed by atoms with van der Waals surface area (Å²) in [7, 11) is -0.524. The summed E-state index contributed by atoms with van der Waals surface area (Å²) in [6.07, 6.45) is 10.8. The van der Waals surface area contributed by atoms with Gasteiger partial charge in [-0.15, -0.1) is 5.92 Å². The van der Waals surface area contributed by atoms with Gasteiger partial charge in [0, 0.05) is 26.6 Å². The van der Waals surface area contributed by atoms with Crippen LogP contribution in [0.25, 0.3) is 0 Å². The van der Waals surface area contributed by atoms with E-state index in [-0.39, 0.29) is 37.6 Å². The van der Waals surface area contributed by atoms with E-state index in [0.717, 1.165) is 38.5 Å². The second-order valence-electron chi connectivity index (χ2n) is 11.8. The van der Waals surface area contributed by atoms with Crippen molar-refractivity contribution < 1.29 is 47.2 Å². The highest BCUT2D eigenvalue weighted by Gasteiger charge is 2.47. The smallest absolute Gasteiger partial charge is 0.336 e. The van der Waals surface area contributed by atoms with E-state index in [1.807, 2.05) is 0 Å². The lowest BCUT2D eigenvalue weighted by atomic mass is 9.83. The Balaban J connectivity index is 2.90. The van der Waals surface area contributed by atoms with Crippen molar-refractivity contribution in [3.8, 4) is 17.6 Å². The summed E-state index contributed by atoms with van der Waals surface area (Å²) < 4.78 is 40.0. The van der Waals surface area contributed by atoms with E-state index in [0.29, 0.717) is 37.0 Å². The second kappa shape index (κ2) is 23.8. The van der Waals surface area contributed by atoms with Crippen LogP contribution in [0.2, 0.25) is 0 Å². The number of rotatable bonds is 26. The lowest BCUT2D eigenvalue weighted by molar-refractivity contribution is -0.169. The van der Waals surface area contributed by atoms with Gasteiger partial charge < -0.3 is 29.7 Å². The molecule has 0 saturated carbocycles. The van der Waals surface area contributed by atoms with E-state index in [1.54, 1.807) is 37.3 Å². The fourth-order valence-electron chi connectivity index (χ4n) is 5.06. The van der Waals surface area contributed by atoms with Crippen molar-refractivity contribution in [3.05, 3.63) is 42.0 Å². The summed E-state index contributed by atoms with van der Waals surface area (Å²) >= 11 is 0. The van der Waals surface area contributed by atoms with Gasteiger partial charge in [-0.2, -0.15) is 0 Å². The molecule has 1 amide bonds. The minimum Gasteiger partial charge on any atom is -0.481 e. The number of nitrogens with one attached hydrogen (secondary N) is 1. The first-order valence-electron chi connectivity index (χ1n) is 16.7. The maximum atomic E-state index is 13.6. The number of amides is 1. The van der Waals surface area contributed by atoms with E-state index in [4.69, 9.17) is 14.2 Å². The van der Waals surface area contributed by atoms with Crippen molar-refractivity contribution in [1.82, 2.24) is 5.32 Å². The molecule has 48 heavy (non-hydrogen) atoms. The molecule has 1 aromatic rings. The van der Waals surface area contributed by atoms with Gasteiger partial charge in [0.2, 0.25) is 5.91 Å². The molecule has 1 rings (SSSR count). The molecule has 1 aromatic carbocycles. The van der Waals surface area contributed by atoms with Crippen LogP contribution in [-0.2, 0) is 40.1 Å². The van der Waals surface area contributed by atoms with Gasteiger partial charge in [-0.3, -0.25) is 4.79 Å². The number of aliphatic hydroxyl groups is 1. The Labute approximate surface area is 286 Å². The predicted octanol–water partition coefficient (Wildman–Crippen LogP) is 4.65. The highest BCUT2D eigenvalue weighted by atomic mass is 32.2. The molecule has 0 fully saturated rings. The van der Waals surface area contributed by atoms with Gasteiger partial charge in [0.25, 0.3) is 0 Å². The Kier molecular flexibility index (Phi) is 21.2. The van der Waals surface area contributed by atoms with Gasteiger partial charge in [-0.25, -0.2) is 18.0 Å². The zero-order valence-corrected chi connectivity index (χ0v) is 29.8. The van der Waals surface area contributed by atoms with Gasteiger partial charge in [0.15, 0.2) is 5.60 Å². The van der Waals surface area contributed by atoms with Crippen LogP contribution in [0.5, 0.6) is 5.75 Å². The Morgan fingerprint density at radius 1 is 0.979 bits per heavy atom. The van der Waals surface area contributed by atoms with Gasteiger partial charge in [0.05, 0.1) is 24.5 Å². The quantitative estimate of drug-likeness (QED) is 0.0538. The molecular weight excluding hydrogens is 638 g/mol. The molecule has 270 valence electrons. The second-order valence-corrected chi connectivity index (χ2v) is 14.1. The van der Waals surface area contributed by atoms with E-state index in [2.05, 4.69) is 24.1 Å². The number of carbonyl (C=O) groups excluding carboxylic acids is 2. The average Bonchev–Trinajstić information content (AvgIpc) is 3.06. The number of aliphatic carboxylic acids is 1. The molecule has 3 atom stereocenters. The number of methoxy groups -OCH3 is 2. The first-order valence-corrected chi connectivity index (χ1v) is 18.6. The fourth-order valence-corrected chi connectivity index (χ4v) is 6.55. The Morgan fingerprint density at radius 2 is 1.60 bits per heavy atom. The fraction of sp³-hybridized carbons (Fsp3) is 0.639. The van der Waals surface area contributed by atoms with Crippen LogP contribution < -0.4 is 10.1 Å². The van der Waals surface area contributed by atoms with E-state index >= 15 is 0 Å². The third-order valence-corrected chi connectivity index (χ3v) is 9.79. The monoisotopic (exact) mass is 693 g/mol.